The molecule has 3 aromatic rings. The van der Waals surface area contributed by atoms with E-state index < -0.39 is 16.1 Å². The highest BCUT2D eigenvalue weighted by Gasteiger charge is 2.27. The Kier molecular flexibility index (Phi) is 5.65. The molecular formula is C23H23N3O3S. The van der Waals surface area contributed by atoms with E-state index >= 15 is 0 Å². The lowest BCUT2D eigenvalue weighted by Gasteiger charge is -2.21. The summed E-state index contributed by atoms with van der Waals surface area (Å²) >= 11 is 0. The molecule has 0 radical (unpaired) electrons. The average molecular weight is 422 g/mol. The van der Waals surface area contributed by atoms with Gasteiger partial charge in [-0.3, -0.25) is 9.78 Å². The average Bonchev–Trinajstić information content (AvgIpc) is 3.19. The lowest BCUT2D eigenvalue weighted by Crippen LogP contribution is -2.30. The van der Waals surface area contributed by atoms with Crippen molar-refractivity contribution in [3.8, 4) is 0 Å². The molecule has 1 N–H and O–H groups in total. The van der Waals surface area contributed by atoms with Crippen LogP contribution in [0, 0.1) is 6.92 Å². The monoisotopic (exact) mass is 421 g/mol. The first-order valence-corrected chi connectivity index (χ1v) is 11.3. The SMILES string of the molecule is Cc1cc(N2CCCC2=O)ccc1S(=O)(=O)NC(c1ccccc1)c1ccccn1. The third-order valence-corrected chi connectivity index (χ3v) is 6.81. The van der Waals surface area contributed by atoms with Gasteiger partial charge in [0, 0.05) is 24.8 Å². The molecule has 0 aliphatic carbocycles. The van der Waals surface area contributed by atoms with Crippen LogP contribution in [0.2, 0.25) is 0 Å². The molecule has 1 aliphatic heterocycles. The van der Waals surface area contributed by atoms with Gasteiger partial charge in [0.25, 0.3) is 0 Å². The van der Waals surface area contributed by atoms with Crippen LogP contribution in [0.4, 0.5) is 5.69 Å². The Labute approximate surface area is 176 Å². The summed E-state index contributed by atoms with van der Waals surface area (Å²) < 4.78 is 29.4. The van der Waals surface area contributed by atoms with Gasteiger partial charge in [0.05, 0.1) is 16.6 Å². The van der Waals surface area contributed by atoms with Crippen LogP contribution in [-0.4, -0.2) is 25.9 Å². The maximum atomic E-state index is 13.3. The number of anilines is 1. The number of nitrogens with zero attached hydrogens (tertiary/aromatic N) is 2. The van der Waals surface area contributed by atoms with Crippen LogP contribution in [-0.2, 0) is 14.8 Å². The smallest absolute Gasteiger partial charge is 0.241 e. The molecule has 2 heterocycles. The molecule has 1 unspecified atom stereocenters. The quantitative estimate of drug-likeness (QED) is 0.660. The molecule has 4 rings (SSSR count). The van der Waals surface area contributed by atoms with E-state index in [4.69, 9.17) is 0 Å². The summed E-state index contributed by atoms with van der Waals surface area (Å²) in [4.78, 5) is 18.3. The van der Waals surface area contributed by atoms with Gasteiger partial charge in [-0.2, -0.15) is 4.72 Å². The minimum absolute atomic E-state index is 0.0717. The second-order valence-electron chi connectivity index (χ2n) is 7.32. The molecule has 1 atom stereocenters. The highest BCUT2D eigenvalue weighted by Crippen LogP contribution is 2.28. The van der Waals surface area contributed by atoms with Crippen molar-refractivity contribution in [1.82, 2.24) is 9.71 Å². The molecule has 2 aromatic carbocycles. The first-order valence-electron chi connectivity index (χ1n) is 9.85. The van der Waals surface area contributed by atoms with Crippen LogP contribution in [0.1, 0.15) is 35.7 Å². The fourth-order valence-electron chi connectivity index (χ4n) is 3.73. The van der Waals surface area contributed by atoms with Gasteiger partial charge < -0.3 is 4.90 Å². The lowest BCUT2D eigenvalue weighted by molar-refractivity contribution is -0.117. The van der Waals surface area contributed by atoms with Crippen LogP contribution < -0.4 is 9.62 Å². The fraction of sp³-hybridized carbons (Fsp3) is 0.217. The Morgan fingerprint density at radius 3 is 2.43 bits per heavy atom. The molecule has 1 fully saturated rings. The zero-order valence-electron chi connectivity index (χ0n) is 16.7. The number of carbonyl (C=O) groups is 1. The third-order valence-electron chi connectivity index (χ3n) is 5.22. The van der Waals surface area contributed by atoms with Crippen molar-refractivity contribution in [3.05, 3.63) is 89.7 Å². The number of amides is 1. The highest BCUT2D eigenvalue weighted by atomic mass is 32.2. The number of pyridine rings is 1. The van der Waals surface area contributed by atoms with Gasteiger partial charge in [0.15, 0.2) is 0 Å². The van der Waals surface area contributed by atoms with Gasteiger partial charge in [0.1, 0.15) is 0 Å². The molecule has 154 valence electrons. The molecular weight excluding hydrogens is 398 g/mol. The van der Waals surface area contributed by atoms with E-state index in [9.17, 15) is 13.2 Å². The maximum Gasteiger partial charge on any atom is 0.241 e. The van der Waals surface area contributed by atoms with Crippen molar-refractivity contribution >= 4 is 21.6 Å². The molecule has 7 heteroatoms. The number of rotatable bonds is 6. The number of aryl methyl sites for hydroxylation is 1. The Morgan fingerprint density at radius 1 is 1.03 bits per heavy atom. The van der Waals surface area contributed by atoms with Crippen molar-refractivity contribution in [1.29, 1.82) is 0 Å². The second kappa shape index (κ2) is 8.38. The fourth-order valence-corrected chi connectivity index (χ4v) is 5.16. The van der Waals surface area contributed by atoms with E-state index in [1.54, 1.807) is 48.4 Å². The largest absolute Gasteiger partial charge is 0.312 e. The van der Waals surface area contributed by atoms with Crippen LogP contribution in [0.15, 0.2) is 77.8 Å². The predicted octanol–water partition coefficient (Wildman–Crippen LogP) is 3.58. The number of carbonyl (C=O) groups excluding carboxylic acids is 1. The summed E-state index contributed by atoms with van der Waals surface area (Å²) in [5.41, 5.74) is 2.74. The Balaban J connectivity index is 1.67. The molecule has 1 aromatic heterocycles. The van der Waals surface area contributed by atoms with E-state index in [1.807, 2.05) is 36.4 Å². The first kappa shape index (κ1) is 20.3. The van der Waals surface area contributed by atoms with Crippen molar-refractivity contribution in [2.75, 3.05) is 11.4 Å². The summed E-state index contributed by atoms with van der Waals surface area (Å²) in [6.45, 7) is 2.41. The van der Waals surface area contributed by atoms with Gasteiger partial charge in [-0.1, -0.05) is 36.4 Å². The molecule has 0 spiro atoms. The number of sulfonamides is 1. The van der Waals surface area contributed by atoms with E-state index in [0.29, 0.717) is 24.2 Å². The van der Waals surface area contributed by atoms with Crippen LogP contribution in [0.3, 0.4) is 0 Å². The standard InChI is InChI=1S/C23H23N3O3S/c1-17-16-19(26-15-7-11-22(26)27)12-13-21(17)30(28,29)25-23(18-8-3-2-4-9-18)20-10-5-6-14-24-20/h2-6,8-10,12-14,16,23,25H,7,11,15H2,1H3. The summed E-state index contributed by atoms with van der Waals surface area (Å²) in [7, 11) is -3.83. The summed E-state index contributed by atoms with van der Waals surface area (Å²) in [5, 5.41) is 0. The van der Waals surface area contributed by atoms with Gasteiger partial charge in [-0.25, -0.2) is 8.42 Å². The topological polar surface area (TPSA) is 79.4 Å². The Morgan fingerprint density at radius 2 is 1.80 bits per heavy atom. The van der Waals surface area contributed by atoms with Crippen molar-refractivity contribution < 1.29 is 13.2 Å². The summed E-state index contributed by atoms with van der Waals surface area (Å²) in [5.74, 6) is 0.0717. The zero-order valence-corrected chi connectivity index (χ0v) is 17.5. The zero-order chi connectivity index (χ0) is 21.1. The number of nitrogens with one attached hydrogen (secondary N) is 1. The van der Waals surface area contributed by atoms with Crippen molar-refractivity contribution in [2.24, 2.45) is 0 Å². The highest BCUT2D eigenvalue weighted by molar-refractivity contribution is 7.89. The van der Waals surface area contributed by atoms with E-state index in [1.165, 1.54) is 0 Å². The van der Waals surface area contributed by atoms with Gasteiger partial charge in [0.2, 0.25) is 15.9 Å². The van der Waals surface area contributed by atoms with E-state index in [-0.39, 0.29) is 10.8 Å². The van der Waals surface area contributed by atoms with Crippen molar-refractivity contribution in [3.63, 3.8) is 0 Å². The minimum Gasteiger partial charge on any atom is -0.312 e. The number of hydrogen-bond donors (Lipinski definition) is 1. The van der Waals surface area contributed by atoms with Gasteiger partial charge in [-0.15, -0.1) is 0 Å². The third kappa shape index (κ3) is 4.13. The van der Waals surface area contributed by atoms with Crippen LogP contribution in [0.5, 0.6) is 0 Å². The minimum atomic E-state index is -3.83. The van der Waals surface area contributed by atoms with Crippen LogP contribution in [0.25, 0.3) is 0 Å². The van der Waals surface area contributed by atoms with Crippen molar-refractivity contribution in [2.45, 2.75) is 30.7 Å². The molecule has 1 amide bonds. The number of aromatic nitrogens is 1. The Bertz CT molecular complexity index is 1110. The number of benzene rings is 2. The lowest BCUT2D eigenvalue weighted by atomic mass is 10.0. The normalized spacial score (nSPS) is 15.4. The maximum absolute atomic E-state index is 13.3. The predicted molar refractivity (Wildman–Crippen MR) is 116 cm³/mol. The molecule has 1 saturated heterocycles. The summed E-state index contributed by atoms with van der Waals surface area (Å²) in [6.07, 6.45) is 3.00. The van der Waals surface area contributed by atoms with Crippen LogP contribution >= 0.6 is 0 Å². The second-order valence-corrected chi connectivity index (χ2v) is 9.00. The summed E-state index contributed by atoms with van der Waals surface area (Å²) in [6, 6.07) is 19.2. The first-order chi connectivity index (χ1) is 14.5. The number of hydrogen-bond acceptors (Lipinski definition) is 4. The van der Waals surface area contributed by atoms with Gasteiger partial charge >= 0.3 is 0 Å². The van der Waals surface area contributed by atoms with E-state index in [2.05, 4.69) is 9.71 Å². The van der Waals surface area contributed by atoms with Gasteiger partial charge in [-0.05, 0) is 54.8 Å². The Hall–Kier alpha value is -3.03. The van der Waals surface area contributed by atoms with E-state index in [0.717, 1.165) is 17.7 Å². The molecule has 30 heavy (non-hydrogen) atoms. The molecule has 0 saturated carbocycles. The molecule has 0 bridgehead atoms. The molecule has 6 nitrogen and oxygen atoms in total. The molecule has 1 aliphatic rings.